The molecule has 1 aromatic rings. The minimum absolute atomic E-state index is 0.0298. The van der Waals surface area contributed by atoms with Gasteiger partial charge in [0.2, 0.25) is 5.91 Å². The van der Waals surface area contributed by atoms with Crippen molar-refractivity contribution in [1.29, 1.82) is 0 Å². The van der Waals surface area contributed by atoms with Gasteiger partial charge in [0.05, 0.1) is 26.0 Å². The van der Waals surface area contributed by atoms with E-state index in [4.69, 9.17) is 9.15 Å². The summed E-state index contributed by atoms with van der Waals surface area (Å²) in [6.07, 6.45) is 1.51. The average Bonchev–Trinajstić information content (AvgIpc) is 3.22. The molecule has 0 saturated carbocycles. The monoisotopic (exact) mass is 378 g/mol. The number of amides is 2. The molecule has 2 saturated heterocycles. The van der Waals surface area contributed by atoms with Crippen LogP contribution in [0.4, 0.5) is 0 Å². The Bertz CT molecular complexity index is 618. The van der Waals surface area contributed by atoms with Gasteiger partial charge in [-0.1, -0.05) is 0 Å². The van der Waals surface area contributed by atoms with Crippen LogP contribution in [0, 0.1) is 0 Å². The highest BCUT2D eigenvalue weighted by atomic mass is 16.5. The average molecular weight is 378 g/mol. The zero-order chi connectivity index (χ0) is 19.3. The molecule has 2 fully saturated rings. The quantitative estimate of drug-likeness (QED) is 0.765. The SMILES string of the molecule is CC(C)(CNC(=O)CN1CCN(C(=O)c2ccco2)CC1)N1CCOCC1. The number of hydrogen-bond donors (Lipinski definition) is 1. The number of morpholine rings is 1. The van der Waals surface area contributed by atoms with Crippen LogP contribution in [0.2, 0.25) is 0 Å². The minimum atomic E-state index is -0.0897. The van der Waals surface area contributed by atoms with Crippen LogP contribution in [0.15, 0.2) is 22.8 Å². The van der Waals surface area contributed by atoms with E-state index in [1.54, 1.807) is 17.0 Å². The molecule has 0 aliphatic carbocycles. The predicted octanol–water partition coefficient (Wildman–Crippen LogP) is 0.264. The Hall–Kier alpha value is -1.90. The third-order valence-corrected chi connectivity index (χ3v) is 5.34. The second-order valence-electron chi connectivity index (χ2n) is 7.73. The van der Waals surface area contributed by atoms with Gasteiger partial charge in [-0.05, 0) is 26.0 Å². The molecule has 2 amide bonds. The van der Waals surface area contributed by atoms with E-state index < -0.39 is 0 Å². The van der Waals surface area contributed by atoms with Gasteiger partial charge >= 0.3 is 0 Å². The van der Waals surface area contributed by atoms with Crippen LogP contribution in [0.3, 0.4) is 0 Å². The van der Waals surface area contributed by atoms with Crippen LogP contribution in [0.1, 0.15) is 24.4 Å². The fourth-order valence-corrected chi connectivity index (χ4v) is 3.52. The van der Waals surface area contributed by atoms with E-state index in [2.05, 4.69) is 29.0 Å². The number of rotatable bonds is 6. The van der Waals surface area contributed by atoms with Gasteiger partial charge in [0.25, 0.3) is 5.91 Å². The number of piperazine rings is 1. The molecular weight excluding hydrogens is 348 g/mol. The molecule has 0 bridgehead atoms. The van der Waals surface area contributed by atoms with Gasteiger partial charge in [-0.15, -0.1) is 0 Å². The number of nitrogens with one attached hydrogen (secondary N) is 1. The lowest BCUT2D eigenvalue weighted by molar-refractivity contribution is -0.123. The molecule has 3 rings (SSSR count). The Labute approximate surface area is 160 Å². The predicted molar refractivity (Wildman–Crippen MR) is 101 cm³/mol. The Balaban J connectivity index is 1.38. The zero-order valence-electron chi connectivity index (χ0n) is 16.3. The summed E-state index contributed by atoms with van der Waals surface area (Å²) in [5.74, 6) is 0.310. The van der Waals surface area contributed by atoms with Crippen molar-refractivity contribution in [3.8, 4) is 0 Å². The first-order valence-electron chi connectivity index (χ1n) is 9.60. The van der Waals surface area contributed by atoms with Crippen molar-refractivity contribution in [3.05, 3.63) is 24.2 Å². The van der Waals surface area contributed by atoms with E-state index in [0.29, 0.717) is 45.0 Å². The standard InChI is InChI=1S/C19H30N4O4/c1-19(2,23-9-12-26-13-10-23)15-20-17(24)14-21-5-7-22(8-6-21)18(25)16-4-3-11-27-16/h3-4,11H,5-10,12-15H2,1-2H3,(H,20,24). The summed E-state index contributed by atoms with van der Waals surface area (Å²) in [4.78, 5) is 30.8. The lowest BCUT2D eigenvalue weighted by atomic mass is 10.0. The van der Waals surface area contributed by atoms with Gasteiger partial charge in [-0.2, -0.15) is 0 Å². The van der Waals surface area contributed by atoms with Gasteiger partial charge in [0, 0.05) is 51.4 Å². The van der Waals surface area contributed by atoms with Crippen molar-refractivity contribution in [1.82, 2.24) is 20.0 Å². The number of nitrogens with zero attached hydrogens (tertiary/aromatic N) is 3. The maximum atomic E-state index is 12.4. The first-order chi connectivity index (χ1) is 13.0. The normalized spacial score (nSPS) is 19.9. The zero-order valence-corrected chi connectivity index (χ0v) is 16.3. The highest BCUT2D eigenvalue weighted by Gasteiger charge is 2.29. The second-order valence-corrected chi connectivity index (χ2v) is 7.73. The van der Waals surface area contributed by atoms with Crippen molar-refractivity contribution < 1.29 is 18.7 Å². The summed E-state index contributed by atoms with van der Waals surface area (Å²) in [5.41, 5.74) is -0.0897. The minimum Gasteiger partial charge on any atom is -0.459 e. The van der Waals surface area contributed by atoms with Gasteiger partial charge in [-0.25, -0.2) is 0 Å². The molecule has 3 heterocycles. The molecule has 0 radical (unpaired) electrons. The fraction of sp³-hybridized carbons (Fsp3) is 0.684. The van der Waals surface area contributed by atoms with E-state index in [1.165, 1.54) is 6.26 Å². The number of carbonyl (C=O) groups is 2. The number of hydrogen-bond acceptors (Lipinski definition) is 6. The van der Waals surface area contributed by atoms with Gasteiger partial charge in [0.15, 0.2) is 5.76 Å². The first-order valence-corrected chi connectivity index (χ1v) is 9.60. The summed E-state index contributed by atoms with van der Waals surface area (Å²) < 4.78 is 10.6. The van der Waals surface area contributed by atoms with Crippen molar-refractivity contribution >= 4 is 11.8 Å². The van der Waals surface area contributed by atoms with Crippen molar-refractivity contribution in [2.75, 3.05) is 65.6 Å². The molecule has 27 heavy (non-hydrogen) atoms. The van der Waals surface area contributed by atoms with E-state index >= 15 is 0 Å². The Morgan fingerprint density at radius 2 is 1.81 bits per heavy atom. The van der Waals surface area contributed by atoms with E-state index in [-0.39, 0.29) is 17.4 Å². The third-order valence-electron chi connectivity index (χ3n) is 5.34. The smallest absolute Gasteiger partial charge is 0.289 e. The maximum absolute atomic E-state index is 12.4. The van der Waals surface area contributed by atoms with E-state index in [1.807, 2.05) is 0 Å². The highest BCUT2D eigenvalue weighted by molar-refractivity contribution is 5.91. The lowest BCUT2D eigenvalue weighted by Crippen LogP contribution is -2.56. The van der Waals surface area contributed by atoms with E-state index in [0.717, 1.165) is 26.3 Å². The Kier molecular flexibility index (Phi) is 6.51. The second kappa shape index (κ2) is 8.86. The molecule has 0 atom stereocenters. The summed E-state index contributed by atoms with van der Waals surface area (Å²) in [7, 11) is 0. The summed E-state index contributed by atoms with van der Waals surface area (Å²) in [6.45, 7) is 11.2. The highest BCUT2D eigenvalue weighted by Crippen LogP contribution is 2.15. The van der Waals surface area contributed by atoms with Crippen molar-refractivity contribution in [3.63, 3.8) is 0 Å². The van der Waals surface area contributed by atoms with Crippen LogP contribution in [0.25, 0.3) is 0 Å². The number of ether oxygens (including phenoxy) is 1. The first kappa shape index (κ1) is 19.9. The molecule has 0 spiro atoms. The van der Waals surface area contributed by atoms with Crippen LogP contribution >= 0.6 is 0 Å². The van der Waals surface area contributed by atoms with Crippen LogP contribution in [-0.2, 0) is 9.53 Å². The van der Waals surface area contributed by atoms with Crippen LogP contribution in [-0.4, -0.2) is 97.6 Å². The van der Waals surface area contributed by atoms with Gasteiger partial charge in [0.1, 0.15) is 0 Å². The molecule has 0 unspecified atom stereocenters. The summed E-state index contributed by atoms with van der Waals surface area (Å²) in [5, 5.41) is 3.07. The molecule has 8 nitrogen and oxygen atoms in total. The Morgan fingerprint density at radius 3 is 2.44 bits per heavy atom. The van der Waals surface area contributed by atoms with Crippen LogP contribution in [0.5, 0.6) is 0 Å². The third kappa shape index (κ3) is 5.31. The molecule has 1 N–H and O–H groups in total. The Morgan fingerprint density at radius 1 is 1.11 bits per heavy atom. The summed E-state index contributed by atoms with van der Waals surface area (Å²) >= 11 is 0. The fourth-order valence-electron chi connectivity index (χ4n) is 3.52. The molecule has 150 valence electrons. The van der Waals surface area contributed by atoms with Gasteiger partial charge < -0.3 is 19.4 Å². The lowest BCUT2D eigenvalue weighted by Gasteiger charge is -2.41. The molecule has 8 heteroatoms. The summed E-state index contributed by atoms with van der Waals surface area (Å²) in [6, 6.07) is 3.39. The molecule has 0 aromatic carbocycles. The van der Waals surface area contributed by atoms with E-state index in [9.17, 15) is 9.59 Å². The number of furan rings is 1. The molecule has 2 aliphatic heterocycles. The molecule has 2 aliphatic rings. The topological polar surface area (TPSA) is 78.3 Å². The maximum Gasteiger partial charge on any atom is 0.289 e. The molecule has 1 aromatic heterocycles. The van der Waals surface area contributed by atoms with Crippen molar-refractivity contribution in [2.45, 2.75) is 19.4 Å². The molecular formula is C19H30N4O4. The number of carbonyl (C=O) groups excluding carboxylic acids is 2. The van der Waals surface area contributed by atoms with Gasteiger partial charge in [-0.3, -0.25) is 19.4 Å². The van der Waals surface area contributed by atoms with Crippen molar-refractivity contribution in [2.24, 2.45) is 0 Å². The largest absolute Gasteiger partial charge is 0.459 e. The van der Waals surface area contributed by atoms with Crippen LogP contribution < -0.4 is 5.32 Å².